The molecule has 2 aromatic carbocycles. The fraction of sp³-hybridized carbons (Fsp3) is 0.250. The van der Waals surface area contributed by atoms with E-state index in [-0.39, 0.29) is 0 Å². The zero-order chi connectivity index (χ0) is 12.1. The van der Waals surface area contributed by atoms with Crippen LogP contribution in [0, 0.1) is 13.8 Å². The van der Waals surface area contributed by atoms with Gasteiger partial charge in [-0.15, -0.1) is 0 Å². The Labute approximate surface area is 103 Å². The maximum absolute atomic E-state index is 3.44. The van der Waals surface area contributed by atoms with E-state index in [0.29, 0.717) is 0 Å². The van der Waals surface area contributed by atoms with Gasteiger partial charge in [0.05, 0.1) is 0 Å². The number of hydrogen-bond acceptors (Lipinski definition) is 1. The van der Waals surface area contributed by atoms with Gasteiger partial charge < -0.3 is 5.32 Å². The Kier molecular flexibility index (Phi) is 3.81. The fourth-order valence-corrected chi connectivity index (χ4v) is 1.98. The van der Waals surface area contributed by atoms with Crippen LogP contribution < -0.4 is 5.32 Å². The van der Waals surface area contributed by atoms with E-state index >= 15 is 0 Å². The Morgan fingerprint density at radius 3 is 2.41 bits per heavy atom. The van der Waals surface area contributed by atoms with E-state index in [4.69, 9.17) is 0 Å². The first-order valence-electron chi connectivity index (χ1n) is 6.11. The van der Waals surface area contributed by atoms with Crippen LogP contribution in [0.4, 0.5) is 5.69 Å². The lowest BCUT2D eigenvalue weighted by atomic mass is 10.0. The third kappa shape index (κ3) is 3.10. The molecule has 0 aromatic heterocycles. The Bertz CT molecular complexity index is 474. The molecular formula is C16H19N. The summed E-state index contributed by atoms with van der Waals surface area (Å²) in [6.07, 6.45) is 1.07. The molecule has 0 fully saturated rings. The summed E-state index contributed by atoms with van der Waals surface area (Å²) in [7, 11) is 0. The molecule has 0 atom stereocenters. The second-order valence-corrected chi connectivity index (χ2v) is 4.40. The molecule has 2 rings (SSSR count). The SMILES string of the molecule is Cc1cccc(CCNc2ccccc2)c1C. The fourth-order valence-electron chi connectivity index (χ4n) is 1.98. The molecule has 0 bridgehead atoms. The molecule has 88 valence electrons. The second-order valence-electron chi connectivity index (χ2n) is 4.40. The van der Waals surface area contributed by atoms with Crippen molar-refractivity contribution in [2.45, 2.75) is 20.3 Å². The standard InChI is InChI=1S/C16H19N/c1-13-7-6-8-15(14(13)2)11-12-17-16-9-4-3-5-10-16/h3-10,17H,11-12H2,1-2H3. The van der Waals surface area contributed by atoms with Gasteiger partial charge in [0.1, 0.15) is 0 Å². The van der Waals surface area contributed by atoms with Gasteiger partial charge in [0, 0.05) is 12.2 Å². The summed E-state index contributed by atoms with van der Waals surface area (Å²) in [5.41, 5.74) is 5.43. The van der Waals surface area contributed by atoms with Crippen LogP contribution in [0.1, 0.15) is 16.7 Å². The van der Waals surface area contributed by atoms with E-state index in [1.54, 1.807) is 0 Å². The summed E-state index contributed by atoms with van der Waals surface area (Å²) >= 11 is 0. The first-order chi connectivity index (χ1) is 8.27. The summed E-state index contributed by atoms with van der Waals surface area (Å²) in [6.45, 7) is 5.35. The molecule has 0 saturated heterocycles. The van der Waals surface area contributed by atoms with Gasteiger partial charge in [-0.25, -0.2) is 0 Å². The topological polar surface area (TPSA) is 12.0 Å². The lowest BCUT2D eigenvalue weighted by molar-refractivity contribution is 1.000. The third-order valence-electron chi connectivity index (χ3n) is 3.21. The summed E-state index contributed by atoms with van der Waals surface area (Å²) in [6, 6.07) is 16.9. The van der Waals surface area contributed by atoms with Gasteiger partial charge in [0.2, 0.25) is 0 Å². The predicted octanol–water partition coefficient (Wildman–Crippen LogP) is 3.96. The normalized spacial score (nSPS) is 10.2. The maximum atomic E-state index is 3.44. The summed E-state index contributed by atoms with van der Waals surface area (Å²) in [5, 5.41) is 3.44. The highest BCUT2D eigenvalue weighted by Gasteiger charge is 2.00. The highest BCUT2D eigenvalue weighted by atomic mass is 14.9. The molecule has 0 aliphatic carbocycles. The molecule has 1 heteroatoms. The average molecular weight is 225 g/mol. The van der Waals surface area contributed by atoms with Crippen molar-refractivity contribution in [2.75, 3.05) is 11.9 Å². The van der Waals surface area contributed by atoms with Crippen LogP contribution in [-0.2, 0) is 6.42 Å². The molecule has 0 spiro atoms. The number of rotatable bonds is 4. The minimum atomic E-state index is 0.980. The van der Waals surface area contributed by atoms with Crippen LogP contribution in [0.25, 0.3) is 0 Å². The average Bonchev–Trinajstić information content (AvgIpc) is 2.36. The molecule has 0 radical (unpaired) electrons. The molecular weight excluding hydrogens is 206 g/mol. The van der Waals surface area contributed by atoms with Crippen molar-refractivity contribution in [2.24, 2.45) is 0 Å². The van der Waals surface area contributed by atoms with Crippen molar-refractivity contribution >= 4 is 5.69 Å². The minimum absolute atomic E-state index is 0.980. The molecule has 0 amide bonds. The van der Waals surface area contributed by atoms with Crippen LogP contribution in [0.2, 0.25) is 0 Å². The Morgan fingerprint density at radius 1 is 0.882 bits per heavy atom. The molecule has 1 N–H and O–H groups in total. The lowest BCUT2D eigenvalue weighted by Gasteiger charge is -2.10. The largest absolute Gasteiger partial charge is 0.385 e. The third-order valence-corrected chi connectivity index (χ3v) is 3.21. The number of aryl methyl sites for hydroxylation is 1. The molecule has 0 heterocycles. The van der Waals surface area contributed by atoms with Crippen LogP contribution in [-0.4, -0.2) is 6.54 Å². The van der Waals surface area contributed by atoms with Gasteiger partial charge >= 0.3 is 0 Å². The Balaban J connectivity index is 1.93. The van der Waals surface area contributed by atoms with E-state index in [2.05, 4.69) is 61.6 Å². The van der Waals surface area contributed by atoms with E-state index < -0.39 is 0 Å². The minimum Gasteiger partial charge on any atom is -0.385 e. The monoisotopic (exact) mass is 225 g/mol. The van der Waals surface area contributed by atoms with Gasteiger partial charge in [-0.1, -0.05) is 36.4 Å². The van der Waals surface area contributed by atoms with Gasteiger partial charge in [-0.2, -0.15) is 0 Å². The van der Waals surface area contributed by atoms with Crippen LogP contribution in [0.5, 0.6) is 0 Å². The molecule has 0 unspecified atom stereocenters. The molecule has 0 aliphatic rings. The zero-order valence-electron chi connectivity index (χ0n) is 10.5. The smallest absolute Gasteiger partial charge is 0.0340 e. The first kappa shape index (κ1) is 11.7. The first-order valence-corrected chi connectivity index (χ1v) is 6.11. The highest BCUT2D eigenvalue weighted by Crippen LogP contribution is 2.13. The van der Waals surface area contributed by atoms with E-state index in [0.717, 1.165) is 13.0 Å². The number of para-hydroxylation sites is 1. The Morgan fingerprint density at radius 2 is 1.65 bits per heavy atom. The van der Waals surface area contributed by atoms with Crippen molar-refractivity contribution in [3.05, 3.63) is 65.2 Å². The maximum Gasteiger partial charge on any atom is 0.0340 e. The van der Waals surface area contributed by atoms with Crippen molar-refractivity contribution in [3.8, 4) is 0 Å². The van der Waals surface area contributed by atoms with Gasteiger partial charge in [0.15, 0.2) is 0 Å². The molecule has 2 aromatic rings. The summed E-state index contributed by atoms with van der Waals surface area (Å²) in [5.74, 6) is 0. The van der Waals surface area contributed by atoms with Gasteiger partial charge in [-0.05, 0) is 49.1 Å². The number of benzene rings is 2. The van der Waals surface area contributed by atoms with E-state index in [9.17, 15) is 0 Å². The predicted molar refractivity (Wildman–Crippen MR) is 74.6 cm³/mol. The lowest BCUT2D eigenvalue weighted by Crippen LogP contribution is -2.06. The number of anilines is 1. The number of hydrogen-bond donors (Lipinski definition) is 1. The van der Waals surface area contributed by atoms with Crippen LogP contribution in [0.15, 0.2) is 48.5 Å². The second kappa shape index (κ2) is 5.53. The molecule has 1 nitrogen and oxygen atoms in total. The van der Waals surface area contributed by atoms with Gasteiger partial charge in [-0.3, -0.25) is 0 Å². The zero-order valence-corrected chi connectivity index (χ0v) is 10.5. The van der Waals surface area contributed by atoms with Gasteiger partial charge in [0.25, 0.3) is 0 Å². The number of nitrogens with one attached hydrogen (secondary N) is 1. The quantitative estimate of drug-likeness (QED) is 0.830. The van der Waals surface area contributed by atoms with E-state index in [1.165, 1.54) is 22.4 Å². The van der Waals surface area contributed by atoms with Crippen LogP contribution >= 0.6 is 0 Å². The summed E-state index contributed by atoms with van der Waals surface area (Å²) in [4.78, 5) is 0. The van der Waals surface area contributed by atoms with Crippen molar-refractivity contribution in [1.82, 2.24) is 0 Å². The van der Waals surface area contributed by atoms with Crippen molar-refractivity contribution < 1.29 is 0 Å². The van der Waals surface area contributed by atoms with Crippen LogP contribution in [0.3, 0.4) is 0 Å². The van der Waals surface area contributed by atoms with Crippen molar-refractivity contribution in [1.29, 1.82) is 0 Å². The van der Waals surface area contributed by atoms with Crippen molar-refractivity contribution in [3.63, 3.8) is 0 Å². The molecule has 17 heavy (non-hydrogen) atoms. The summed E-state index contributed by atoms with van der Waals surface area (Å²) < 4.78 is 0. The molecule has 0 saturated carbocycles. The highest BCUT2D eigenvalue weighted by molar-refractivity contribution is 5.43. The van der Waals surface area contributed by atoms with E-state index in [1.807, 2.05) is 6.07 Å². The Hall–Kier alpha value is -1.76. The molecule has 0 aliphatic heterocycles.